The van der Waals surface area contributed by atoms with Crippen molar-refractivity contribution in [2.45, 2.75) is 58.3 Å². The van der Waals surface area contributed by atoms with Crippen LogP contribution in [0.5, 0.6) is 0 Å². The molecule has 2 fully saturated rings. The van der Waals surface area contributed by atoms with E-state index in [1.807, 2.05) is 37.5 Å². The summed E-state index contributed by atoms with van der Waals surface area (Å²) >= 11 is 0. The van der Waals surface area contributed by atoms with Crippen LogP contribution >= 0.6 is 0 Å². The normalized spacial score (nSPS) is 26.5. The zero-order valence-electron chi connectivity index (χ0n) is 19.0. The minimum atomic E-state index is -4.65. The molecule has 0 aliphatic carbocycles. The third-order valence-electron chi connectivity index (χ3n) is 5.49. The van der Waals surface area contributed by atoms with E-state index < -0.39 is 11.7 Å². The molecule has 4 rings (SSSR count). The molecule has 180 valence electrons. The minimum absolute atomic E-state index is 0.0789. The van der Waals surface area contributed by atoms with Crippen molar-refractivity contribution >= 4 is 17.7 Å². The van der Waals surface area contributed by atoms with E-state index >= 15 is 0 Å². The van der Waals surface area contributed by atoms with Crippen LogP contribution < -0.4 is 15.5 Å². The summed E-state index contributed by atoms with van der Waals surface area (Å²) in [5, 5.41) is 0. The molecular formula is C21H28F3N7O2. The van der Waals surface area contributed by atoms with Gasteiger partial charge in [-0.25, -0.2) is 4.98 Å². The Kier molecular flexibility index (Phi) is 6.32. The van der Waals surface area contributed by atoms with E-state index in [0.29, 0.717) is 38.1 Å². The molecule has 0 amide bonds. The Morgan fingerprint density at radius 2 is 1.30 bits per heavy atom. The first-order valence-corrected chi connectivity index (χ1v) is 10.9. The first kappa shape index (κ1) is 23.4. The monoisotopic (exact) mass is 467 g/mol. The molecule has 4 heterocycles. The van der Waals surface area contributed by atoms with Crippen LogP contribution in [0.4, 0.5) is 30.9 Å². The van der Waals surface area contributed by atoms with Crippen LogP contribution in [0.25, 0.3) is 11.4 Å². The van der Waals surface area contributed by atoms with Crippen molar-refractivity contribution < 1.29 is 22.6 Å². The summed E-state index contributed by atoms with van der Waals surface area (Å²) in [7, 11) is 0. The number of morpholine rings is 2. The number of nitrogens with two attached hydrogens (primary N) is 1. The summed E-state index contributed by atoms with van der Waals surface area (Å²) in [6, 6.07) is 0.802. The molecule has 2 aromatic heterocycles. The summed E-state index contributed by atoms with van der Waals surface area (Å²) in [4.78, 5) is 21.2. The quantitative estimate of drug-likeness (QED) is 0.730. The SMILES string of the molecule is C[C@@H]1CN(c2nc(-c3cnc(N)cc3C(F)(F)F)nc(N3C[C@@H](C)O[C@@H](C)C3)n2)C[C@H](C)O1. The maximum atomic E-state index is 13.8. The number of anilines is 3. The lowest BCUT2D eigenvalue weighted by atomic mass is 10.1. The van der Waals surface area contributed by atoms with Crippen molar-refractivity contribution in [2.24, 2.45) is 0 Å². The molecule has 0 aromatic carbocycles. The molecule has 0 radical (unpaired) electrons. The maximum Gasteiger partial charge on any atom is 0.417 e. The minimum Gasteiger partial charge on any atom is -0.384 e. The summed E-state index contributed by atoms with van der Waals surface area (Å²) in [6.45, 7) is 9.77. The molecule has 2 aliphatic rings. The van der Waals surface area contributed by atoms with Crippen molar-refractivity contribution in [1.82, 2.24) is 19.9 Å². The number of nitrogen functional groups attached to an aromatic ring is 1. The lowest BCUT2D eigenvalue weighted by Crippen LogP contribution is -2.48. The van der Waals surface area contributed by atoms with Gasteiger partial charge in [-0.3, -0.25) is 0 Å². The summed E-state index contributed by atoms with van der Waals surface area (Å²) in [5.41, 5.74) is 4.36. The molecule has 0 unspecified atom stereocenters. The van der Waals surface area contributed by atoms with Gasteiger partial charge in [-0.05, 0) is 33.8 Å². The van der Waals surface area contributed by atoms with Gasteiger partial charge in [0.2, 0.25) is 11.9 Å². The number of hydrogen-bond acceptors (Lipinski definition) is 9. The molecule has 2 N–H and O–H groups in total. The molecule has 2 aromatic rings. The average Bonchev–Trinajstić information content (AvgIpc) is 2.71. The van der Waals surface area contributed by atoms with E-state index in [4.69, 9.17) is 15.2 Å². The topological polar surface area (TPSA) is 103 Å². The molecule has 12 heteroatoms. The highest BCUT2D eigenvalue weighted by molar-refractivity contribution is 5.64. The van der Waals surface area contributed by atoms with Crippen LogP contribution in [0.2, 0.25) is 0 Å². The first-order chi connectivity index (χ1) is 15.5. The van der Waals surface area contributed by atoms with Gasteiger partial charge in [0.1, 0.15) is 5.82 Å². The van der Waals surface area contributed by atoms with E-state index in [2.05, 4.69) is 19.9 Å². The molecular weight excluding hydrogens is 439 g/mol. The van der Waals surface area contributed by atoms with Gasteiger partial charge in [0, 0.05) is 32.4 Å². The largest absolute Gasteiger partial charge is 0.417 e. The fraction of sp³-hybridized carbons (Fsp3) is 0.619. The highest BCUT2D eigenvalue weighted by Gasteiger charge is 2.36. The molecule has 0 spiro atoms. The number of halogens is 3. The Balaban J connectivity index is 1.84. The van der Waals surface area contributed by atoms with Gasteiger partial charge in [0.25, 0.3) is 0 Å². The molecule has 2 aliphatic heterocycles. The van der Waals surface area contributed by atoms with Crippen LogP contribution in [0.3, 0.4) is 0 Å². The van der Waals surface area contributed by atoms with Crippen molar-refractivity contribution in [3.63, 3.8) is 0 Å². The zero-order valence-corrected chi connectivity index (χ0v) is 19.0. The molecule has 33 heavy (non-hydrogen) atoms. The number of nitrogens with zero attached hydrogens (tertiary/aromatic N) is 6. The number of pyridine rings is 1. The molecule has 0 saturated carbocycles. The van der Waals surface area contributed by atoms with Gasteiger partial charge in [-0.15, -0.1) is 0 Å². The van der Waals surface area contributed by atoms with E-state index in [1.54, 1.807) is 0 Å². The predicted molar refractivity (Wildman–Crippen MR) is 117 cm³/mol. The van der Waals surface area contributed by atoms with Gasteiger partial charge in [-0.1, -0.05) is 0 Å². The highest BCUT2D eigenvalue weighted by Crippen LogP contribution is 2.37. The van der Waals surface area contributed by atoms with Crippen molar-refractivity contribution in [1.29, 1.82) is 0 Å². The van der Waals surface area contributed by atoms with Crippen LogP contribution in [0.15, 0.2) is 12.3 Å². The highest BCUT2D eigenvalue weighted by atomic mass is 19.4. The van der Waals surface area contributed by atoms with Gasteiger partial charge in [0.15, 0.2) is 5.82 Å². The van der Waals surface area contributed by atoms with Crippen LogP contribution in [-0.4, -0.2) is 70.5 Å². The standard InChI is InChI=1S/C21H28F3N7O2/c1-11-7-30(8-12(2)32-11)19-27-18(15-6-26-17(25)5-16(15)21(22,23)24)28-20(29-19)31-9-13(3)33-14(4)10-31/h5-6,11-14H,7-10H2,1-4H3,(H2,25,26)/t11-,12+,13-,14+. The summed E-state index contributed by atoms with van der Waals surface area (Å²) in [6.07, 6.45) is -3.90. The fourth-order valence-electron chi connectivity index (χ4n) is 4.32. The van der Waals surface area contributed by atoms with E-state index in [-0.39, 0.29) is 41.6 Å². The van der Waals surface area contributed by atoms with Crippen LogP contribution in [-0.2, 0) is 15.7 Å². The maximum absolute atomic E-state index is 13.8. The Bertz CT molecular complexity index is 942. The predicted octanol–water partition coefficient (Wildman–Crippen LogP) is 2.76. The Labute approximate surface area is 190 Å². The number of rotatable bonds is 3. The van der Waals surface area contributed by atoms with Gasteiger partial charge >= 0.3 is 6.18 Å². The summed E-state index contributed by atoms with van der Waals surface area (Å²) < 4.78 is 53.0. The number of hydrogen-bond donors (Lipinski definition) is 1. The lowest BCUT2D eigenvalue weighted by Gasteiger charge is -2.37. The van der Waals surface area contributed by atoms with E-state index in [1.165, 1.54) is 0 Å². The number of aromatic nitrogens is 4. The van der Waals surface area contributed by atoms with Gasteiger partial charge < -0.3 is 25.0 Å². The Morgan fingerprint density at radius 1 is 0.848 bits per heavy atom. The second-order valence-corrected chi connectivity index (χ2v) is 8.74. The van der Waals surface area contributed by atoms with Crippen molar-refractivity contribution in [3.8, 4) is 11.4 Å². The molecule has 0 bridgehead atoms. The number of alkyl halides is 3. The average molecular weight is 467 g/mol. The second kappa shape index (κ2) is 8.90. The van der Waals surface area contributed by atoms with Gasteiger partial charge in [-0.2, -0.15) is 28.1 Å². The van der Waals surface area contributed by atoms with Crippen LogP contribution in [0, 0.1) is 0 Å². The van der Waals surface area contributed by atoms with E-state index in [9.17, 15) is 13.2 Å². The second-order valence-electron chi connectivity index (χ2n) is 8.74. The molecule has 9 nitrogen and oxygen atoms in total. The van der Waals surface area contributed by atoms with Crippen molar-refractivity contribution in [3.05, 3.63) is 17.8 Å². The number of ether oxygens (including phenoxy) is 2. The van der Waals surface area contributed by atoms with E-state index in [0.717, 1.165) is 12.3 Å². The lowest BCUT2D eigenvalue weighted by molar-refractivity contribution is -0.137. The summed E-state index contributed by atoms with van der Waals surface area (Å²) in [5.74, 6) is 0.267. The third kappa shape index (κ3) is 5.27. The van der Waals surface area contributed by atoms with Gasteiger partial charge in [0.05, 0.1) is 35.5 Å². The molecule has 4 atom stereocenters. The van der Waals surface area contributed by atoms with Crippen molar-refractivity contribution in [2.75, 3.05) is 41.7 Å². The Morgan fingerprint density at radius 3 is 1.73 bits per heavy atom. The molecule has 2 saturated heterocycles. The Hall–Kier alpha value is -2.73. The fourth-order valence-corrected chi connectivity index (χ4v) is 4.32. The van der Waals surface area contributed by atoms with Crippen LogP contribution in [0.1, 0.15) is 33.3 Å². The smallest absolute Gasteiger partial charge is 0.384 e. The first-order valence-electron chi connectivity index (χ1n) is 10.9. The third-order valence-corrected chi connectivity index (χ3v) is 5.49. The zero-order chi connectivity index (χ0) is 23.9.